The second-order valence-electron chi connectivity index (χ2n) is 6.75. The van der Waals surface area contributed by atoms with E-state index in [4.69, 9.17) is 4.74 Å². The van der Waals surface area contributed by atoms with Gasteiger partial charge in [0.15, 0.2) is 9.84 Å². The number of hydrogen-bond donors (Lipinski definition) is 2. The van der Waals surface area contributed by atoms with Gasteiger partial charge in [0.1, 0.15) is 16.8 Å². The third-order valence-electron chi connectivity index (χ3n) is 4.51. The van der Waals surface area contributed by atoms with E-state index in [1.807, 2.05) is 26.0 Å². The van der Waals surface area contributed by atoms with Crippen molar-refractivity contribution in [2.75, 3.05) is 23.0 Å². The van der Waals surface area contributed by atoms with Gasteiger partial charge in [-0.2, -0.15) is 0 Å². The van der Waals surface area contributed by atoms with Crippen LogP contribution in [0.4, 0.5) is 11.4 Å². The smallest absolute Gasteiger partial charge is 0.242 e. The van der Waals surface area contributed by atoms with Crippen LogP contribution in [0.5, 0.6) is 5.75 Å². The molecule has 0 aliphatic heterocycles. The van der Waals surface area contributed by atoms with Crippen molar-refractivity contribution in [2.45, 2.75) is 38.9 Å². The molecule has 0 heterocycles. The molecule has 0 aromatic heterocycles. The fourth-order valence-electron chi connectivity index (χ4n) is 2.93. The topological polar surface area (TPSA) is 102 Å². The summed E-state index contributed by atoms with van der Waals surface area (Å²) in [6.07, 6.45) is 0.932. The minimum absolute atomic E-state index is 0.0670. The third kappa shape index (κ3) is 6.59. The first-order chi connectivity index (χ1) is 14.3. The summed E-state index contributed by atoms with van der Waals surface area (Å²) in [5, 5.41) is 3.86. The molecular formula is C22H28N2O5S. The van der Waals surface area contributed by atoms with E-state index in [9.17, 15) is 18.0 Å². The van der Waals surface area contributed by atoms with Crippen molar-refractivity contribution in [1.82, 2.24) is 0 Å². The van der Waals surface area contributed by atoms with Crippen LogP contribution in [0.3, 0.4) is 0 Å². The van der Waals surface area contributed by atoms with Gasteiger partial charge in [-0.05, 0) is 61.7 Å². The molecule has 0 spiro atoms. The number of aryl methyl sites for hydroxylation is 1. The summed E-state index contributed by atoms with van der Waals surface area (Å²) in [4.78, 5) is 24.8. The number of ether oxygens (including phenoxy) is 1. The highest BCUT2D eigenvalue weighted by atomic mass is 32.2. The molecule has 0 saturated carbocycles. The Bertz CT molecular complexity index is 954. The standard InChI is InChI=1S/C22H28N2O5S/c1-4-16-7-9-18(10-8-16)24-22(26)20(5-2)30(27,28)15-21(25)23-17-11-13-19(14-12-17)29-6-3/h7-14,20H,4-6,15H2,1-3H3,(H,23,25)(H,24,26). The molecule has 1 unspecified atom stereocenters. The normalized spacial score (nSPS) is 12.1. The summed E-state index contributed by atoms with van der Waals surface area (Å²) < 4.78 is 30.7. The van der Waals surface area contributed by atoms with Crippen molar-refractivity contribution in [1.29, 1.82) is 0 Å². The van der Waals surface area contributed by atoms with Crippen molar-refractivity contribution < 1.29 is 22.7 Å². The second kappa shape index (κ2) is 10.8. The molecule has 0 aliphatic carbocycles. The number of sulfone groups is 1. The lowest BCUT2D eigenvalue weighted by molar-refractivity contribution is -0.115. The highest BCUT2D eigenvalue weighted by molar-refractivity contribution is 7.93. The average Bonchev–Trinajstić information content (AvgIpc) is 2.70. The number of carbonyl (C=O) groups excluding carboxylic acids is 2. The van der Waals surface area contributed by atoms with E-state index in [0.717, 1.165) is 12.0 Å². The summed E-state index contributed by atoms with van der Waals surface area (Å²) >= 11 is 0. The van der Waals surface area contributed by atoms with E-state index in [1.165, 1.54) is 0 Å². The summed E-state index contributed by atoms with van der Waals surface area (Å²) in [5.41, 5.74) is 2.08. The quantitative estimate of drug-likeness (QED) is 0.599. The van der Waals surface area contributed by atoms with Crippen LogP contribution in [0.2, 0.25) is 0 Å². The lowest BCUT2D eigenvalue weighted by Gasteiger charge is -2.16. The Hall–Kier alpha value is -2.87. The van der Waals surface area contributed by atoms with Gasteiger partial charge in [0.25, 0.3) is 0 Å². The molecule has 2 N–H and O–H groups in total. The van der Waals surface area contributed by atoms with E-state index < -0.39 is 32.7 Å². The Kier molecular flexibility index (Phi) is 8.41. The maximum absolute atomic E-state index is 12.7. The van der Waals surface area contributed by atoms with Gasteiger partial charge < -0.3 is 15.4 Å². The number of benzene rings is 2. The maximum atomic E-state index is 12.7. The first-order valence-electron chi connectivity index (χ1n) is 9.93. The number of carbonyl (C=O) groups is 2. The Labute approximate surface area is 177 Å². The Balaban J connectivity index is 2.01. The van der Waals surface area contributed by atoms with Gasteiger partial charge in [-0.1, -0.05) is 26.0 Å². The molecule has 0 aliphatic rings. The molecule has 162 valence electrons. The van der Waals surface area contributed by atoms with E-state index in [2.05, 4.69) is 10.6 Å². The number of rotatable bonds is 10. The largest absolute Gasteiger partial charge is 0.494 e. The molecule has 0 fully saturated rings. The van der Waals surface area contributed by atoms with Gasteiger partial charge in [-0.15, -0.1) is 0 Å². The number of nitrogens with one attached hydrogen (secondary N) is 2. The summed E-state index contributed by atoms with van der Waals surface area (Å²) in [7, 11) is -3.99. The summed E-state index contributed by atoms with van der Waals surface area (Å²) in [5.74, 6) is -1.47. The second-order valence-corrected chi connectivity index (χ2v) is 8.93. The lowest BCUT2D eigenvalue weighted by Crippen LogP contribution is -2.39. The van der Waals surface area contributed by atoms with Crippen LogP contribution in [-0.2, 0) is 25.8 Å². The number of amides is 2. The molecule has 7 nitrogen and oxygen atoms in total. The monoisotopic (exact) mass is 432 g/mol. The van der Waals surface area contributed by atoms with Crippen molar-refractivity contribution in [3.63, 3.8) is 0 Å². The minimum Gasteiger partial charge on any atom is -0.494 e. The molecule has 2 aromatic rings. The van der Waals surface area contributed by atoms with Crippen LogP contribution < -0.4 is 15.4 Å². The zero-order valence-electron chi connectivity index (χ0n) is 17.5. The van der Waals surface area contributed by atoms with Crippen LogP contribution in [0.15, 0.2) is 48.5 Å². The van der Waals surface area contributed by atoms with Gasteiger partial charge in [0, 0.05) is 11.4 Å². The van der Waals surface area contributed by atoms with Crippen LogP contribution in [0.25, 0.3) is 0 Å². The fourth-order valence-corrected chi connectivity index (χ4v) is 4.46. The van der Waals surface area contributed by atoms with Crippen LogP contribution in [-0.4, -0.2) is 37.8 Å². The van der Waals surface area contributed by atoms with Crippen molar-refractivity contribution >= 4 is 33.0 Å². The van der Waals surface area contributed by atoms with E-state index >= 15 is 0 Å². The number of anilines is 2. The average molecular weight is 433 g/mol. The van der Waals surface area contributed by atoms with Gasteiger partial charge in [0.05, 0.1) is 6.61 Å². The Morgan fingerprint density at radius 2 is 1.47 bits per heavy atom. The Morgan fingerprint density at radius 3 is 2.00 bits per heavy atom. The maximum Gasteiger partial charge on any atom is 0.242 e. The first-order valence-corrected chi connectivity index (χ1v) is 11.6. The van der Waals surface area contributed by atoms with Crippen LogP contribution in [0, 0.1) is 0 Å². The molecule has 2 amide bonds. The first kappa shape index (κ1) is 23.4. The summed E-state index contributed by atoms with van der Waals surface area (Å²) in [6, 6.07) is 13.8. The fraction of sp³-hybridized carbons (Fsp3) is 0.364. The van der Waals surface area contributed by atoms with Crippen LogP contribution >= 0.6 is 0 Å². The lowest BCUT2D eigenvalue weighted by atomic mass is 10.1. The van der Waals surface area contributed by atoms with Crippen LogP contribution in [0.1, 0.15) is 32.8 Å². The molecule has 30 heavy (non-hydrogen) atoms. The molecule has 0 bridgehead atoms. The highest BCUT2D eigenvalue weighted by Crippen LogP contribution is 2.17. The molecule has 8 heteroatoms. The van der Waals surface area contributed by atoms with Crippen molar-refractivity contribution in [3.05, 3.63) is 54.1 Å². The van der Waals surface area contributed by atoms with E-state index in [1.54, 1.807) is 43.3 Å². The van der Waals surface area contributed by atoms with E-state index in [-0.39, 0.29) is 6.42 Å². The minimum atomic E-state index is -3.99. The molecule has 2 rings (SSSR count). The SMILES string of the molecule is CCOc1ccc(NC(=O)CS(=O)(=O)C(CC)C(=O)Nc2ccc(CC)cc2)cc1. The van der Waals surface area contributed by atoms with Gasteiger partial charge >= 0.3 is 0 Å². The van der Waals surface area contributed by atoms with Crippen molar-refractivity contribution in [3.8, 4) is 5.75 Å². The Morgan fingerprint density at radius 1 is 0.900 bits per heavy atom. The molecule has 0 radical (unpaired) electrons. The predicted octanol–water partition coefficient (Wildman–Crippen LogP) is 3.42. The molecule has 1 atom stereocenters. The highest BCUT2D eigenvalue weighted by Gasteiger charge is 2.33. The third-order valence-corrected chi connectivity index (χ3v) is 6.59. The summed E-state index contributed by atoms with van der Waals surface area (Å²) in [6.45, 7) is 6.01. The van der Waals surface area contributed by atoms with Crippen molar-refractivity contribution in [2.24, 2.45) is 0 Å². The molecule has 0 saturated heterocycles. The van der Waals surface area contributed by atoms with Gasteiger partial charge in [-0.25, -0.2) is 8.42 Å². The predicted molar refractivity (Wildman–Crippen MR) is 119 cm³/mol. The molecule has 2 aromatic carbocycles. The van der Waals surface area contributed by atoms with E-state index in [0.29, 0.717) is 23.7 Å². The molecular weight excluding hydrogens is 404 g/mol. The zero-order valence-corrected chi connectivity index (χ0v) is 18.3. The van der Waals surface area contributed by atoms with Gasteiger partial charge in [0.2, 0.25) is 11.8 Å². The number of hydrogen-bond acceptors (Lipinski definition) is 5. The van der Waals surface area contributed by atoms with Gasteiger partial charge in [-0.3, -0.25) is 9.59 Å². The zero-order chi connectivity index (χ0) is 22.1.